The van der Waals surface area contributed by atoms with Gasteiger partial charge in [0.2, 0.25) is 29.5 Å². The fraction of sp³-hybridized carbons (Fsp3) is 0.596. The van der Waals surface area contributed by atoms with Crippen LogP contribution in [0.25, 0.3) is 0 Å². The van der Waals surface area contributed by atoms with Gasteiger partial charge in [-0.15, -0.1) is 0 Å². The summed E-state index contributed by atoms with van der Waals surface area (Å²) in [6.45, 7) is 16.0. The summed E-state index contributed by atoms with van der Waals surface area (Å²) in [6, 6.07) is 9.82. The van der Waals surface area contributed by atoms with Crippen LogP contribution in [0.5, 0.6) is 0 Å². The Morgan fingerprint density at radius 2 is 0.929 bits per heavy atom. The Morgan fingerprint density at radius 1 is 0.529 bits per heavy atom. The molecule has 70 heavy (non-hydrogen) atoms. The normalized spacial score (nSPS) is 15.4. The lowest BCUT2D eigenvalue weighted by Gasteiger charge is -2.32. The van der Waals surface area contributed by atoms with E-state index in [9.17, 15) is 43.5 Å². The number of carbonyl (C=O) groups excluding carboxylic acids is 8. The Morgan fingerprint density at radius 3 is 1.36 bits per heavy atom. The quantitative estimate of drug-likeness (QED) is 0.0612. The van der Waals surface area contributed by atoms with Crippen LogP contribution in [-0.4, -0.2) is 106 Å². The Balaban J connectivity index is 2.15. The number of aliphatic carboxylic acids is 1. The minimum absolute atomic E-state index is 0.0524. The first kappa shape index (κ1) is 58.0. The lowest BCUT2D eigenvalue weighted by molar-refractivity contribution is -0.157. The van der Waals surface area contributed by atoms with Gasteiger partial charge in [0, 0.05) is 25.7 Å². The monoisotopic (exact) mass is 978 g/mol. The third-order valence-corrected chi connectivity index (χ3v) is 11.0. The third kappa shape index (κ3) is 21.5. The van der Waals surface area contributed by atoms with Crippen LogP contribution in [0.4, 0.5) is 0 Å². The molecule has 0 saturated heterocycles. The van der Waals surface area contributed by atoms with Crippen molar-refractivity contribution >= 4 is 53.4 Å². The molecular weight excluding hydrogens is 903 g/mol. The summed E-state index contributed by atoms with van der Waals surface area (Å²) in [4.78, 5) is 122. The molecule has 386 valence electrons. The second-order valence-electron chi connectivity index (χ2n) is 20.8. The van der Waals surface area contributed by atoms with Crippen molar-refractivity contribution in [3.63, 3.8) is 0 Å². The van der Waals surface area contributed by atoms with Crippen molar-refractivity contribution in [3.05, 3.63) is 71.8 Å². The fourth-order valence-electron chi connectivity index (χ4n) is 8.09. The Kier molecular flexibility index (Phi) is 22.0. The summed E-state index contributed by atoms with van der Waals surface area (Å²) in [7, 11) is 0. The average Bonchev–Trinajstić information content (AvgIpc) is 3.24. The third-order valence-electron chi connectivity index (χ3n) is 11.0. The molecule has 18 heteroatoms. The first-order chi connectivity index (χ1) is 32.6. The topological polar surface area (TPSA) is 262 Å². The fourth-order valence-corrected chi connectivity index (χ4v) is 8.09. The Hall–Kier alpha value is -6.33. The highest BCUT2D eigenvalue weighted by Crippen LogP contribution is 2.30. The van der Waals surface area contributed by atoms with E-state index in [0.717, 1.165) is 39.0 Å². The maximum Gasteiger partial charge on any atom is 0.326 e. The molecule has 5 atom stereocenters. The number of carboxylic acid groups (broad SMARTS) is 1. The predicted molar refractivity (Wildman–Crippen MR) is 260 cm³/mol. The molecule has 6 N–H and O–H groups in total. The van der Waals surface area contributed by atoms with Gasteiger partial charge in [-0.3, -0.25) is 38.4 Å². The van der Waals surface area contributed by atoms with Crippen LogP contribution >= 0.6 is 0 Å². The van der Waals surface area contributed by atoms with Gasteiger partial charge in [-0.2, -0.15) is 0 Å². The molecule has 2 aromatic carbocycles. The Labute approximate surface area is 411 Å². The number of carbonyl (C=O) groups is 9. The van der Waals surface area contributed by atoms with Crippen molar-refractivity contribution in [1.82, 2.24) is 26.6 Å². The van der Waals surface area contributed by atoms with Crippen LogP contribution in [-0.2, 0) is 57.4 Å². The number of esters is 3. The van der Waals surface area contributed by atoms with Crippen LogP contribution in [0.3, 0.4) is 0 Å². The summed E-state index contributed by atoms with van der Waals surface area (Å²) in [5.41, 5.74) is -1.64. The molecule has 0 spiro atoms. The maximum absolute atomic E-state index is 15.1. The first-order valence-corrected chi connectivity index (χ1v) is 24.1. The van der Waals surface area contributed by atoms with Gasteiger partial charge in [-0.25, -0.2) is 4.79 Å². The molecule has 5 amide bonds. The van der Waals surface area contributed by atoms with Crippen LogP contribution in [0.2, 0.25) is 0 Å². The van der Waals surface area contributed by atoms with E-state index < -0.39 is 119 Å². The van der Waals surface area contributed by atoms with Gasteiger partial charge in [0.1, 0.15) is 47.0 Å². The summed E-state index contributed by atoms with van der Waals surface area (Å²) in [5.74, 6) is -8.83. The molecule has 0 radical (unpaired) electrons. The number of nitrogens with one attached hydrogen (secondary N) is 5. The zero-order chi connectivity index (χ0) is 52.4. The minimum atomic E-state index is -1.60. The summed E-state index contributed by atoms with van der Waals surface area (Å²) < 4.78 is 16.4. The van der Waals surface area contributed by atoms with E-state index in [0.29, 0.717) is 11.1 Å². The number of hydrogen-bond donors (Lipinski definition) is 6. The molecule has 18 nitrogen and oxygen atoms in total. The number of ether oxygens (including phenoxy) is 3. The molecule has 0 aliphatic heterocycles. The molecule has 1 aliphatic rings. The van der Waals surface area contributed by atoms with Gasteiger partial charge in [-0.1, -0.05) is 92.8 Å². The van der Waals surface area contributed by atoms with E-state index in [1.165, 1.54) is 0 Å². The van der Waals surface area contributed by atoms with Gasteiger partial charge < -0.3 is 45.9 Å². The smallest absolute Gasteiger partial charge is 0.326 e. The molecule has 3 rings (SSSR count). The molecule has 1 aliphatic carbocycles. The van der Waals surface area contributed by atoms with Crippen molar-refractivity contribution in [2.75, 3.05) is 0 Å². The van der Waals surface area contributed by atoms with Gasteiger partial charge in [0.15, 0.2) is 0 Å². The molecule has 2 aromatic rings. The van der Waals surface area contributed by atoms with Crippen LogP contribution in [0.15, 0.2) is 60.7 Å². The van der Waals surface area contributed by atoms with E-state index in [-0.39, 0.29) is 31.6 Å². The first-order valence-electron chi connectivity index (χ1n) is 24.1. The van der Waals surface area contributed by atoms with Gasteiger partial charge in [0.25, 0.3) is 0 Å². The van der Waals surface area contributed by atoms with E-state index in [4.69, 9.17) is 14.2 Å². The van der Waals surface area contributed by atoms with E-state index in [1.54, 1.807) is 123 Å². The van der Waals surface area contributed by atoms with Crippen molar-refractivity contribution in [1.29, 1.82) is 0 Å². The molecule has 0 bridgehead atoms. The second-order valence-corrected chi connectivity index (χ2v) is 20.8. The van der Waals surface area contributed by atoms with Crippen LogP contribution < -0.4 is 26.6 Å². The Bertz CT molecular complexity index is 2070. The summed E-state index contributed by atoms with van der Waals surface area (Å²) >= 11 is 0. The van der Waals surface area contributed by atoms with Gasteiger partial charge in [-0.05, 0) is 98.6 Å². The van der Waals surface area contributed by atoms with Gasteiger partial charge >= 0.3 is 23.9 Å². The summed E-state index contributed by atoms with van der Waals surface area (Å²) in [6.07, 6.45) is 2.60. The number of carboxylic acids is 1. The minimum Gasteiger partial charge on any atom is -0.480 e. The molecule has 0 unspecified atom stereocenters. The molecule has 1 saturated carbocycles. The highest BCUT2D eigenvalue weighted by Gasteiger charge is 2.39. The van der Waals surface area contributed by atoms with Crippen LogP contribution in [0.1, 0.15) is 157 Å². The van der Waals surface area contributed by atoms with E-state index >= 15 is 4.79 Å². The lowest BCUT2D eigenvalue weighted by atomic mass is 9.84. The second kappa shape index (κ2) is 26.6. The molecule has 1 fully saturated rings. The van der Waals surface area contributed by atoms with Crippen molar-refractivity contribution in [2.24, 2.45) is 5.92 Å². The lowest BCUT2D eigenvalue weighted by Crippen LogP contribution is -2.60. The largest absolute Gasteiger partial charge is 0.480 e. The maximum atomic E-state index is 15.1. The molecular formula is C52H75N5O13. The SMILES string of the molecule is CC(=O)N[C@@H](CC(=O)OC(C)(C)C)C(=O)N[C@@H](CCC(=O)OC(C)(C)C)C(=O)N[C@H](C(=O)N[C@@H](CCC(=O)OC(C)(C)C)C(=O)N[C@@H](CC1CCCCC1)C(=O)O)C(c1ccccc1)c1ccccc1. The standard InChI is InChI=1S/C52H75N5O13/c1-32(58)53-38(31-42(61)70-52(8,9)10)47(64)54-37(27-29-41(60)69-51(5,6)7)46(63)57-44(43(34-22-16-12-17-23-34)35-24-18-13-19-25-35)48(65)55-36(26-28-40(59)68-50(2,3)4)45(62)56-39(49(66)67)30-33-20-14-11-15-21-33/h12-13,16-19,22-25,33,36-39,43-44H,11,14-15,20-21,26-31H2,1-10H3,(H,53,58)(H,54,64)(H,55,65)(H,56,62)(H,57,63)(H,66,67)/t36-,37-,38-,39-,44-/m0/s1. The number of amides is 5. The number of rotatable bonds is 23. The predicted octanol–water partition coefficient (Wildman–Crippen LogP) is 5.29. The number of hydrogen-bond acceptors (Lipinski definition) is 12. The van der Waals surface area contributed by atoms with E-state index in [2.05, 4.69) is 26.6 Å². The number of benzene rings is 2. The van der Waals surface area contributed by atoms with Crippen LogP contribution in [0, 0.1) is 5.92 Å². The highest BCUT2D eigenvalue weighted by atomic mass is 16.6. The zero-order valence-electron chi connectivity index (χ0n) is 42.4. The highest BCUT2D eigenvalue weighted by molar-refractivity contribution is 5.97. The van der Waals surface area contributed by atoms with Crippen molar-refractivity contribution < 1.29 is 62.5 Å². The molecule has 0 heterocycles. The van der Waals surface area contributed by atoms with Crippen molar-refractivity contribution in [3.8, 4) is 0 Å². The molecule has 0 aromatic heterocycles. The van der Waals surface area contributed by atoms with Gasteiger partial charge in [0.05, 0.1) is 6.42 Å². The van der Waals surface area contributed by atoms with Crippen molar-refractivity contribution in [2.45, 2.75) is 193 Å². The summed E-state index contributed by atoms with van der Waals surface area (Å²) in [5, 5.41) is 23.3. The van der Waals surface area contributed by atoms with E-state index in [1.807, 2.05) is 0 Å². The zero-order valence-corrected chi connectivity index (χ0v) is 42.4. The average molecular weight is 978 g/mol.